The Bertz CT molecular complexity index is 930. The SMILES string of the molecule is CCN1C=C(Cc2cccs2)C2=C(C1)[C@H](c1cccs1)C(C#N)=C(N)O2. The minimum atomic E-state index is -0.121. The van der Waals surface area contributed by atoms with Gasteiger partial charge in [0.2, 0.25) is 5.88 Å². The monoisotopic (exact) mass is 381 g/mol. The fraction of sp³-hybridized carbons (Fsp3) is 0.250. The molecule has 0 spiro atoms. The average Bonchev–Trinajstić information content (AvgIpc) is 3.34. The zero-order valence-electron chi connectivity index (χ0n) is 14.4. The smallest absolute Gasteiger partial charge is 0.205 e. The maximum Gasteiger partial charge on any atom is 0.205 e. The van der Waals surface area contributed by atoms with Crippen molar-refractivity contribution >= 4 is 22.7 Å². The summed E-state index contributed by atoms with van der Waals surface area (Å²) in [5.74, 6) is 0.953. The lowest BCUT2D eigenvalue weighted by atomic mass is 9.84. The number of likely N-dealkylation sites (N-methyl/N-ethyl adjacent to an activating group) is 1. The van der Waals surface area contributed by atoms with Gasteiger partial charge in [0.25, 0.3) is 0 Å². The minimum absolute atomic E-state index is 0.121. The molecule has 0 bridgehead atoms. The molecule has 2 aromatic rings. The molecule has 6 heteroatoms. The second-order valence-corrected chi connectivity index (χ2v) is 8.28. The van der Waals surface area contributed by atoms with Gasteiger partial charge in [0.05, 0.1) is 5.92 Å². The molecule has 0 aromatic carbocycles. The summed E-state index contributed by atoms with van der Waals surface area (Å²) < 4.78 is 6.01. The van der Waals surface area contributed by atoms with E-state index in [9.17, 15) is 5.26 Å². The standard InChI is InChI=1S/C20H19N3OS2/c1-2-23-11-13(9-14-5-3-7-25-14)19-16(12-23)18(17-6-4-8-26-17)15(10-21)20(22)24-19/h3-8,11,18H,2,9,12,22H2,1H3/t18-/m1/s1. The molecule has 0 radical (unpaired) electrons. The third-order valence-electron chi connectivity index (χ3n) is 4.71. The van der Waals surface area contributed by atoms with Crippen LogP contribution in [0.25, 0.3) is 0 Å². The quantitative estimate of drug-likeness (QED) is 0.856. The number of ether oxygens (including phenoxy) is 1. The van der Waals surface area contributed by atoms with E-state index >= 15 is 0 Å². The summed E-state index contributed by atoms with van der Waals surface area (Å²) in [6.07, 6.45) is 2.98. The summed E-state index contributed by atoms with van der Waals surface area (Å²) in [6.45, 7) is 3.80. The van der Waals surface area contributed by atoms with Gasteiger partial charge in [-0.25, -0.2) is 0 Å². The maximum absolute atomic E-state index is 9.70. The first-order valence-corrected chi connectivity index (χ1v) is 10.3. The van der Waals surface area contributed by atoms with E-state index in [0.717, 1.165) is 41.3 Å². The summed E-state index contributed by atoms with van der Waals surface area (Å²) in [6, 6.07) is 10.6. The maximum atomic E-state index is 9.70. The predicted octanol–water partition coefficient (Wildman–Crippen LogP) is 4.33. The zero-order valence-corrected chi connectivity index (χ0v) is 16.1. The topological polar surface area (TPSA) is 62.3 Å². The number of nitrogens with two attached hydrogens (primary N) is 1. The van der Waals surface area contributed by atoms with Crippen LogP contribution in [-0.4, -0.2) is 18.0 Å². The van der Waals surface area contributed by atoms with Gasteiger partial charge >= 0.3 is 0 Å². The van der Waals surface area contributed by atoms with Crippen molar-refractivity contribution in [1.29, 1.82) is 5.26 Å². The molecule has 0 aliphatic carbocycles. The van der Waals surface area contributed by atoms with Crippen molar-refractivity contribution in [1.82, 2.24) is 4.90 Å². The number of hydrogen-bond donors (Lipinski definition) is 1. The predicted molar refractivity (Wildman–Crippen MR) is 105 cm³/mol. The highest BCUT2D eigenvalue weighted by Gasteiger charge is 2.37. The van der Waals surface area contributed by atoms with E-state index in [1.165, 1.54) is 4.88 Å². The number of allylic oxidation sites excluding steroid dienone is 2. The molecule has 2 aliphatic heterocycles. The van der Waals surface area contributed by atoms with Crippen LogP contribution in [-0.2, 0) is 11.2 Å². The minimum Gasteiger partial charge on any atom is -0.440 e. The molecule has 4 nitrogen and oxygen atoms in total. The molecule has 0 unspecified atom stereocenters. The lowest BCUT2D eigenvalue weighted by molar-refractivity contribution is 0.265. The van der Waals surface area contributed by atoms with Gasteiger partial charge in [0.15, 0.2) is 0 Å². The molecule has 0 saturated carbocycles. The van der Waals surface area contributed by atoms with Gasteiger partial charge in [0, 0.05) is 46.6 Å². The van der Waals surface area contributed by atoms with Crippen LogP contribution in [0.1, 0.15) is 22.6 Å². The zero-order chi connectivity index (χ0) is 18.1. The molecule has 4 rings (SSSR count). The fourth-order valence-electron chi connectivity index (χ4n) is 3.48. The van der Waals surface area contributed by atoms with E-state index in [4.69, 9.17) is 10.5 Å². The highest BCUT2D eigenvalue weighted by atomic mass is 32.1. The van der Waals surface area contributed by atoms with Crippen molar-refractivity contribution < 1.29 is 4.74 Å². The van der Waals surface area contributed by atoms with Gasteiger partial charge < -0.3 is 15.4 Å². The van der Waals surface area contributed by atoms with Crippen molar-refractivity contribution in [2.24, 2.45) is 5.73 Å². The van der Waals surface area contributed by atoms with E-state index in [1.54, 1.807) is 22.7 Å². The molecule has 0 fully saturated rings. The van der Waals surface area contributed by atoms with Crippen LogP contribution in [0.3, 0.4) is 0 Å². The first kappa shape index (κ1) is 17.0. The van der Waals surface area contributed by atoms with Gasteiger partial charge in [-0.2, -0.15) is 5.26 Å². The van der Waals surface area contributed by atoms with Crippen LogP contribution in [0, 0.1) is 11.3 Å². The van der Waals surface area contributed by atoms with Crippen molar-refractivity contribution in [3.8, 4) is 6.07 Å². The van der Waals surface area contributed by atoms with Crippen LogP contribution in [0.4, 0.5) is 0 Å². The lowest BCUT2D eigenvalue weighted by Gasteiger charge is -2.36. The molecular formula is C20H19N3OS2. The number of nitrogens with zero attached hydrogens (tertiary/aromatic N) is 2. The Morgan fingerprint density at radius 3 is 2.77 bits per heavy atom. The summed E-state index contributed by atoms with van der Waals surface area (Å²) in [5, 5.41) is 13.8. The first-order valence-electron chi connectivity index (χ1n) is 8.52. The number of hydrogen-bond acceptors (Lipinski definition) is 6. The molecule has 1 atom stereocenters. The fourth-order valence-corrected chi connectivity index (χ4v) is 5.07. The van der Waals surface area contributed by atoms with Crippen LogP contribution in [0.5, 0.6) is 0 Å². The van der Waals surface area contributed by atoms with Gasteiger partial charge in [-0.15, -0.1) is 22.7 Å². The van der Waals surface area contributed by atoms with Gasteiger partial charge in [0.1, 0.15) is 17.4 Å². The van der Waals surface area contributed by atoms with E-state index in [-0.39, 0.29) is 11.8 Å². The van der Waals surface area contributed by atoms with E-state index in [2.05, 4.69) is 47.7 Å². The first-order chi connectivity index (χ1) is 12.7. The third kappa shape index (κ3) is 2.94. The van der Waals surface area contributed by atoms with Crippen molar-refractivity contribution in [2.75, 3.05) is 13.1 Å². The van der Waals surface area contributed by atoms with Crippen LogP contribution in [0.2, 0.25) is 0 Å². The molecule has 2 aliphatic rings. The Kier molecular flexibility index (Phi) is 4.58. The largest absolute Gasteiger partial charge is 0.440 e. The van der Waals surface area contributed by atoms with Gasteiger partial charge in [-0.05, 0) is 29.8 Å². The summed E-state index contributed by atoms with van der Waals surface area (Å²) in [5.41, 5.74) is 8.93. The Hall–Kier alpha value is -2.49. The van der Waals surface area contributed by atoms with Gasteiger partial charge in [-0.1, -0.05) is 12.1 Å². The number of thiophene rings is 2. The number of rotatable bonds is 4. The van der Waals surface area contributed by atoms with E-state index in [1.807, 2.05) is 11.4 Å². The van der Waals surface area contributed by atoms with Crippen molar-refractivity contribution in [3.05, 3.63) is 79.3 Å². The van der Waals surface area contributed by atoms with Crippen LogP contribution >= 0.6 is 22.7 Å². The van der Waals surface area contributed by atoms with E-state index < -0.39 is 0 Å². The van der Waals surface area contributed by atoms with E-state index in [0.29, 0.717) is 5.57 Å². The molecule has 4 heterocycles. The second-order valence-electron chi connectivity index (χ2n) is 6.27. The molecule has 2 aromatic heterocycles. The third-order valence-corrected chi connectivity index (χ3v) is 6.52. The molecule has 2 N–H and O–H groups in total. The normalized spacial score (nSPS) is 19.8. The average molecular weight is 382 g/mol. The molecule has 132 valence electrons. The van der Waals surface area contributed by atoms with Crippen molar-refractivity contribution in [3.63, 3.8) is 0 Å². The van der Waals surface area contributed by atoms with Gasteiger partial charge in [-0.3, -0.25) is 0 Å². The Morgan fingerprint density at radius 1 is 1.31 bits per heavy atom. The molecule has 0 saturated heterocycles. The highest BCUT2D eigenvalue weighted by molar-refractivity contribution is 7.10. The Labute approximate surface area is 161 Å². The Balaban J connectivity index is 1.81. The van der Waals surface area contributed by atoms with Crippen LogP contribution < -0.4 is 5.73 Å². The van der Waals surface area contributed by atoms with Crippen molar-refractivity contribution in [2.45, 2.75) is 19.3 Å². The summed E-state index contributed by atoms with van der Waals surface area (Å²) in [7, 11) is 0. The summed E-state index contributed by atoms with van der Waals surface area (Å²) >= 11 is 3.39. The lowest BCUT2D eigenvalue weighted by Crippen LogP contribution is -2.32. The molecule has 0 amide bonds. The Morgan fingerprint density at radius 2 is 2.12 bits per heavy atom. The van der Waals surface area contributed by atoms with Crippen LogP contribution in [0.15, 0.2) is 69.6 Å². The number of nitriles is 1. The summed E-state index contributed by atoms with van der Waals surface area (Å²) in [4.78, 5) is 4.70. The second kappa shape index (κ2) is 7.02. The highest BCUT2D eigenvalue weighted by Crippen LogP contribution is 2.45. The molecule has 26 heavy (non-hydrogen) atoms. The molecular weight excluding hydrogens is 362 g/mol.